The van der Waals surface area contributed by atoms with Crippen LogP contribution in [-0.2, 0) is 0 Å². The summed E-state index contributed by atoms with van der Waals surface area (Å²) in [5.74, 6) is -0.763. The van der Waals surface area contributed by atoms with Gasteiger partial charge in [0, 0.05) is 23.8 Å². The van der Waals surface area contributed by atoms with Crippen LogP contribution < -0.4 is 29.4 Å². The first-order valence-electron chi connectivity index (χ1n) is 11.1. The van der Waals surface area contributed by atoms with Crippen LogP contribution in [0, 0.1) is 5.82 Å². The molecular formula is C27H25FN2O7. The van der Waals surface area contributed by atoms with E-state index in [9.17, 15) is 19.1 Å². The van der Waals surface area contributed by atoms with Gasteiger partial charge in [-0.2, -0.15) is 0 Å². The Morgan fingerprint density at radius 3 is 2.05 bits per heavy atom. The Balaban J connectivity index is 2.10. The smallest absolute Gasteiger partial charge is 0.272 e. The minimum Gasteiger partial charge on any atom is -0.506 e. The van der Waals surface area contributed by atoms with Crippen molar-refractivity contribution in [2.24, 2.45) is 0 Å². The van der Waals surface area contributed by atoms with E-state index in [0.717, 1.165) is 4.90 Å². The molecule has 10 heteroatoms. The summed E-state index contributed by atoms with van der Waals surface area (Å²) in [7, 11) is 7.15. The van der Waals surface area contributed by atoms with Gasteiger partial charge in [-0.05, 0) is 54.6 Å². The van der Waals surface area contributed by atoms with Gasteiger partial charge in [-0.3, -0.25) is 14.2 Å². The molecule has 0 aliphatic carbocycles. The molecule has 0 aliphatic heterocycles. The molecule has 0 atom stereocenters. The number of carbonyl (C=O) groups is 1. The largest absolute Gasteiger partial charge is 0.506 e. The van der Waals surface area contributed by atoms with Crippen molar-refractivity contribution in [3.63, 3.8) is 0 Å². The highest BCUT2D eigenvalue weighted by Gasteiger charge is 2.30. The highest BCUT2D eigenvalue weighted by molar-refractivity contribution is 6.11. The summed E-state index contributed by atoms with van der Waals surface area (Å²) in [5, 5.41) is 11.4. The van der Waals surface area contributed by atoms with Crippen LogP contribution in [-0.4, -0.2) is 51.1 Å². The number of pyridine rings is 1. The number of amides is 1. The van der Waals surface area contributed by atoms with Gasteiger partial charge < -0.3 is 29.0 Å². The van der Waals surface area contributed by atoms with Crippen LogP contribution in [0.4, 0.5) is 10.1 Å². The van der Waals surface area contributed by atoms with Gasteiger partial charge in [0.05, 0.1) is 28.4 Å². The third-order valence-corrected chi connectivity index (χ3v) is 6.00. The molecule has 0 aliphatic rings. The van der Waals surface area contributed by atoms with E-state index in [-0.39, 0.29) is 28.2 Å². The minimum atomic E-state index is -0.806. The summed E-state index contributed by atoms with van der Waals surface area (Å²) in [6.45, 7) is 0. The molecule has 0 spiro atoms. The van der Waals surface area contributed by atoms with Gasteiger partial charge in [0.1, 0.15) is 28.4 Å². The Kier molecular flexibility index (Phi) is 6.92. The fraction of sp³-hybridized carbons (Fsp3) is 0.185. The maximum atomic E-state index is 13.9. The lowest BCUT2D eigenvalue weighted by molar-refractivity contribution is 0.0989. The lowest BCUT2D eigenvalue weighted by Crippen LogP contribution is -2.34. The van der Waals surface area contributed by atoms with Gasteiger partial charge in [0.2, 0.25) is 5.75 Å². The highest BCUT2D eigenvalue weighted by Crippen LogP contribution is 2.46. The highest BCUT2D eigenvalue weighted by atomic mass is 19.1. The molecule has 9 nitrogen and oxygen atoms in total. The summed E-state index contributed by atoms with van der Waals surface area (Å²) in [5.41, 5.74) is -0.441. The summed E-state index contributed by atoms with van der Waals surface area (Å²) >= 11 is 0. The molecule has 0 unspecified atom stereocenters. The molecule has 3 aromatic carbocycles. The Bertz CT molecular complexity index is 1530. The minimum absolute atomic E-state index is 0.112. The first-order chi connectivity index (χ1) is 17.8. The molecular weight excluding hydrogens is 483 g/mol. The number of aromatic hydroxyl groups is 1. The van der Waals surface area contributed by atoms with Gasteiger partial charge in [-0.1, -0.05) is 0 Å². The lowest BCUT2D eigenvalue weighted by atomic mass is 10.1. The van der Waals surface area contributed by atoms with Gasteiger partial charge in [-0.15, -0.1) is 0 Å². The van der Waals surface area contributed by atoms with Crippen molar-refractivity contribution in [1.82, 2.24) is 4.57 Å². The van der Waals surface area contributed by atoms with Crippen molar-refractivity contribution in [3.05, 3.63) is 76.3 Å². The van der Waals surface area contributed by atoms with Crippen molar-refractivity contribution >= 4 is 22.5 Å². The fourth-order valence-electron chi connectivity index (χ4n) is 4.11. The molecule has 0 bridgehead atoms. The number of aromatic nitrogens is 1. The molecule has 0 radical (unpaired) electrons. The monoisotopic (exact) mass is 508 g/mol. The van der Waals surface area contributed by atoms with Gasteiger partial charge in [0.25, 0.3) is 11.5 Å². The maximum Gasteiger partial charge on any atom is 0.272 e. The number of hydrogen-bond acceptors (Lipinski definition) is 7. The Labute approximate surface area is 211 Å². The number of hydrogen-bond donors (Lipinski definition) is 1. The number of ether oxygens (including phenoxy) is 4. The number of nitrogens with zero attached hydrogens (tertiary/aromatic N) is 2. The van der Waals surface area contributed by atoms with Crippen LogP contribution in [0.3, 0.4) is 0 Å². The number of anilines is 1. The number of rotatable bonds is 7. The van der Waals surface area contributed by atoms with E-state index in [1.807, 2.05) is 0 Å². The van der Waals surface area contributed by atoms with E-state index in [4.69, 9.17) is 18.9 Å². The average molecular weight is 509 g/mol. The average Bonchev–Trinajstić information content (AvgIpc) is 2.92. The first kappa shape index (κ1) is 25.4. The second-order valence-corrected chi connectivity index (χ2v) is 7.94. The van der Waals surface area contributed by atoms with E-state index >= 15 is 0 Å². The molecule has 0 saturated heterocycles. The van der Waals surface area contributed by atoms with E-state index < -0.39 is 28.6 Å². The predicted molar refractivity (Wildman–Crippen MR) is 137 cm³/mol. The summed E-state index contributed by atoms with van der Waals surface area (Å²) in [6, 6.07) is 13.2. The Morgan fingerprint density at radius 1 is 0.892 bits per heavy atom. The third-order valence-electron chi connectivity index (χ3n) is 6.00. The molecule has 1 aromatic heterocycles. The molecule has 1 amide bonds. The van der Waals surface area contributed by atoms with Crippen LogP contribution in [0.5, 0.6) is 28.7 Å². The predicted octanol–water partition coefficient (Wildman–Crippen LogP) is 4.15. The van der Waals surface area contributed by atoms with Gasteiger partial charge in [-0.25, -0.2) is 4.39 Å². The molecule has 37 heavy (non-hydrogen) atoms. The second-order valence-electron chi connectivity index (χ2n) is 7.94. The molecule has 1 N–H and O–H groups in total. The SMILES string of the molecule is COc1ccc(-n2c(=O)c(C(=O)N(C)c3ccc(F)cc3)c(O)c3cc(OC)c(OC)c(OC)c32)cc1. The van der Waals surface area contributed by atoms with Crippen molar-refractivity contribution < 1.29 is 33.2 Å². The van der Waals surface area contributed by atoms with Crippen molar-refractivity contribution in [2.75, 3.05) is 40.4 Å². The maximum absolute atomic E-state index is 13.9. The number of carbonyl (C=O) groups excluding carboxylic acids is 1. The van der Waals surface area contributed by atoms with Crippen LogP contribution in [0.1, 0.15) is 10.4 Å². The van der Waals surface area contributed by atoms with Crippen molar-refractivity contribution in [3.8, 4) is 34.4 Å². The number of fused-ring (bicyclic) bond motifs is 1. The molecule has 0 saturated carbocycles. The topological polar surface area (TPSA) is 99.5 Å². The summed E-state index contributed by atoms with van der Waals surface area (Å²) in [4.78, 5) is 28.7. The molecule has 4 rings (SSSR count). The van der Waals surface area contributed by atoms with Crippen LogP contribution in [0.2, 0.25) is 0 Å². The molecule has 4 aromatic rings. The van der Waals surface area contributed by atoms with Crippen molar-refractivity contribution in [2.45, 2.75) is 0 Å². The quantitative estimate of drug-likeness (QED) is 0.400. The molecule has 0 fully saturated rings. The van der Waals surface area contributed by atoms with Gasteiger partial charge >= 0.3 is 0 Å². The van der Waals surface area contributed by atoms with Crippen LogP contribution in [0.25, 0.3) is 16.6 Å². The van der Waals surface area contributed by atoms with E-state index in [1.165, 1.54) is 70.4 Å². The standard InChI is InChI=1S/C27H25FN2O7/c1-29(16-8-6-15(28)7-9-16)26(32)21-23(31)19-14-20(35-3)24(36-4)25(37-5)22(19)30(27(21)33)17-10-12-18(34-2)13-11-17/h6-14,31H,1-5H3. The van der Waals surface area contributed by atoms with E-state index in [2.05, 4.69) is 0 Å². The van der Waals surface area contributed by atoms with Crippen LogP contribution in [0.15, 0.2) is 59.4 Å². The fourth-order valence-corrected chi connectivity index (χ4v) is 4.11. The summed E-state index contributed by atoms with van der Waals surface area (Å²) in [6.07, 6.45) is 0. The van der Waals surface area contributed by atoms with Crippen molar-refractivity contribution in [1.29, 1.82) is 0 Å². The van der Waals surface area contributed by atoms with Crippen LogP contribution >= 0.6 is 0 Å². The zero-order chi connectivity index (χ0) is 26.9. The Hall–Kier alpha value is -4.73. The molecule has 192 valence electrons. The molecule has 1 heterocycles. The summed E-state index contributed by atoms with van der Waals surface area (Å²) < 4.78 is 36.4. The normalized spacial score (nSPS) is 10.8. The van der Waals surface area contributed by atoms with E-state index in [0.29, 0.717) is 17.1 Å². The third kappa shape index (κ3) is 4.26. The first-order valence-corrected chi connectivity index (χ1v) is 11.1. The lowest BCUT2D eigenvalue weighted by Gasteiger charge is -2.22. The number of benzene rings is 3. The second kappa shape index (κ2) is 10.1. The van der Waals surface area contributed by atoms with Gasteiger partial charge in [0.15, 0.2) is 11.5 Å². The zero-order valence-electron chi connectivity index (χ0n) is 20.9. The Morgan fingerprint density at radius 2 is 1.51 bits per heavy atom. The van der Waals surface area contributed by atoms with E-state index in [1.54, 1.807) is 24.3 Å². The zero-order valence-corrected chi connectivity index (χ0v) is 20.9. The number of methoxy groups -OCH3 is 4. The number of halogens is 1.